The van der Waals surface area contributed by atoms with E-state index < -0.39 is 6.16 Å². The Morgan fingerprint density at radius 3 is 1.40 bits per heavy atom. The summed E-state index contributed by atoms with van der Waals surface area (Å²) in [5.41, 5.74) is 0. The third-order valence-electron chi connectivity index (χ3n) is 1.27. The molecule has 0 nitrogen and oxygen atoms in total. The monoisotopic (exact) mass is 326 g/mol. The standard InChI is InChI=1S/C5H11IS4/c1-3(2)4(7,8)5(6,9)10/h3,7-10H,1-2H3. The fraction of sp³-hybridized carbons (Fsp3) is 1.00. The van der Waals surface area contributed by atoms with E-state index in [1.54, 1.807) is 0 Å². The molecule has 0 bridgehead atoms. The quantitative estimate of drug-likeness (QED) is 0.255. The lowest BCUT2D eigenvalue weighted by Gasteiger charge is -2.36. The van der Waals surface area contributed by atoms with Gasteiger partial charge in [0.25, 0.3) is 0 Å². The molecule has 0 unspecified atom stereocenters. The predicted octanol–water partition coefficient (Wildman–Crippen LogP) is 3.15. The van der Waals surface area contributed by atoms with Crippen LogP contribution < -0.4 is 0 Å². The molecule has 0 amide bonds. The third kappa shape index (κ3) is 2.88. The van der Waals surface area contributed by atoms with Crippen LogP contribution in [0.15, 0.2) is 0 Å². The molecule has 0 spiro atoms. The van der Waals surface area contributed by atoms with E-state index in [1.165, 1.54) is 0 Å². The molecule has 0 aliphatic heterocycles. The van der Waals surface area contributed by atoms with Gasteiger partial charge in [-0.15, -0.1) is 25.3 Å². The van der Waals surface area contributed by atoms with Crippen molar-refractivity contribution in [3.8, 4) is 0 Å². The Labute approximate surface area is 98.1 Å². The summed E-state index contributed by atoms with van der Waals surface area (Å²) in [6.07, 6.45) is 0. The molecule has 0 aliphatic carbocycles. The summed E-state index contributed by atoms with van der Waals surface area (Å²) >= 11 is 19.4. The summed E-state index contributed by atoms with van der Waals surface area (Å²) in [7, 11) is 0. The molecule has 0 N–H and O–H groups in total. The average molecular weight is 326 g/mol. The number of thiol groups is 4. The molecule has 0 saturated heterocycles. The minimum Gasteiger partial charge on any atom is -0.158 e. The SMILES string of the molecule is CC(C)C(S)(S)C(S)(S)I. The Morgan fingerprint density at radius 1 is 1.10 bits per heavy atom. The van der Waals surface area contributed by atoms with Gasteiger partial charge >= 0.3 is 0 Å². The first-order valence-electron chi connectivity index (χ1n) is 2.78. The number of hydrogen-bond donors (Lipinski definition) is 4. The molecular formula is C5H11IS4. The van der Waals surface area contributed by atoms with Crippen molar-refractivity contribution in [3.63, 3.8) is 0 Å². The van der Waals surface area contributed by atoms with E-state index >= 15 is 0 Å². The number of alkyl halides is 1. The van der Waals surface area contributed by atoms with Crippen molar-refractivity contribution in [1.82, 2.24) is 0 Å². The molecular weight excluding hydrogens is 315 g/mol. The van der Waals surface area contributed by atoms with E-state index in [0.717, 1.165) is 0 Å². The van der Waals surface area contributed by atoms with Crippen LogP contribution in [-0.4, -0.2) is 6.16 Å². The first kappa shape index (κ1) is 12.1. The van der Waals surface area contributed by atoms with Gasteiger partial charge in [-0.25, -0.2) is 0 Å². The fourth-order valence-corrected chi connectivity index (χ4v) is 1.51. The van der Waals surface area contributed by atoms with Gasteiger partial charge in [0.15, 0.2) is 0 Å². The van der Waals surface area contributed by atoms with E-state index in [-0.39, 0.29) is 0 Å². The highest BCUT2D eigenvalue weighted by atomic mass is 127. The Bertz CT molecular complexity index is 115. The number of halogens is 1. The van der Waals surface area contributed by atoms with Crippen LogP contribution in [-0.2, 0) is 0 Å². The minimum absolute atomic E-state index is 0.325. The molecule has 0 fully saturated rings. The van der Waals surface area contributed by atoms with Crippen molar-refractivity contribution < 1.29 is 0 Å². The summed E-state index contributed by atoms with van der Waals surface area (Å²) in [4.78, 5) is 0. The first-order valence-corrected chi connectivity index (χ1v) is 5.64. The highest BCUT2D eigenvalue weighted by Crippen LogP contribution is 2.50. The molecule has 0 aromatic heterocycles. The van der Waals surface area contributed by atoms with Crippen LogP contribution in [0, 0.1) is 5.92 Å². The third-order valence-corrected chi connectivity index (χ3v) is 6.09. The zero-order valence-corrected chi connectivity index (χ0v) is 11.5. The maximum Gasteiger partial charge on any atom is 0.130 e. The van der Waals surface area contributed by atoms with Gasteiger partial charge < -0.3 is 0 Å². The zero-order valence-electron chi connectivity index (χ0n) is 5.74. The second-order valence-corrected chi connectivity index (χ2v) is 9.25. The summed E-state index contributed by atoms with van der Waals surface area (Å²) in [6, 6.07) is 0. The fourth-order valence-electron chi connectivity index (χ4n) is 0.367. The summed E-state index contributed by atoms with van der Waals surface area (Å²) in [6.45, 7) is 4.08. The molecule has 0 aromatic carbocycles. The van der Waals surface area contributed by atoms with Gasteiger partial charge in [-0.2, -0.15) is 25.3 Å². The lowest BCUT2D eigenvalue weighted by molar-refractivity contribution is 0.601. The van der Waals surface area contributed by atoms with Gasteiger partial charge in [0.1, 0.15) is 2.09 Å². The van der Waals surface area contributed by atoms with E-state index in [4.69, 9.17) is 0 Å². The minimum atomic E-state index is -0.495. The maximum absolute atomic E-state index is 4.37. The summed E-state index contributed by atoms with van der Waals surface area (Å²) in [5.74, 6) is 0.325. The average Bonchev–Trinajstić information content (AvgIpc) is 1.62. The normalized spacial score (nSPS) is 14.4. The Morgan fingerprint density at radius 2 is 1.40 bits per heavy atom. The van der Waals surface area contributed by atoms with Gasteiger partial charge in [-0.3, -0.25) is 0 Å². The van der Waals surface area contributed by atoms with E-state index in [0.29, 0.717) is 5.92 Å². The zero-order chi connectivity index (χ0) is 8.58. The topological polar surface area (TPSA) is 0 Å². The van der Waals surface area contributed by atoms with Crippen LogP contribution in [0.1, 0.15) is 13.8 Å². The molecule has 0 aromatic rings. The van der Waals surface area contributed by atoms with Crippen molar-refractivity contribution in [2.24, 2.45) is 5.92 Å². The lowest BCUT2D eigenvalue weighted by atomic mass is 10.1. The van der Waals surface area contributed by atoms with E-state index in [1.807, 2.05) is 13.8 Å². The highest BCUT2D eigenvalue weighted by molar-refractivity contribution is 14.1. The van der Waals surface area contributed by atoms with Crippen molar-refractivity contribution in [1.29, 1.82) is 0 Å². The molecule has 0 rings (SSSR count). The molecule has 0 heterocycles. The largest absolute Gasteiger partial charge is 0.158 e. The van der Waals surface area contributed by atoms with Crippen LogP contribution in [0.4, 0.5) is 0 Å². The maximum atomic E-state index is 4.37. The molecule has 0 radical (unpaired) electrons. The molecule has 0 saturated carbocycles. The molecule has 62 valence electrons. The van der Waals surface area contributed by atoms with Crippen LogP contribution in [0.5, 0.6) is 0 Å². The summed E-state index contributed by atoms with van der Waals surface area (Å²) < 4.78 is -0.953. The lowest BCUT2D eigenvalue weighted by Crippen LogP contribution is -2.36. The van der Waals surface area contributed by atoms with Gasteiger partial charge in [-0.05, 0) is 5.92 Å². The van der Waals surface area contributed by atoms with Crippen molar-refractivity contribution in [2.75, 3.05) is 0 Å². The first-order chi connectivity index (χ1) is 4.19. The van der Waals surface area contributed by atoms with Gasteiger partial charge in [0.05, 0.1) is 4.08 Å². The van der Waals surface area contributed by atoms with Gasteiger partial charge in [0.2, 0.25) is 0 Å². The predicted molar refractivity (Wildman–Crippen MR) is 70.3 cm³/mol. The Hall–Kier alpha value is 2.13. The van der Waals surface area contributed by atoms with Crippen LogP contribution in [0.3, 0.4) is 0 Å². The van der Waals surface area contributed by atoms with Gasteiger partial charge in [-0.1, -0.05) is 36.4 Å². The number of hydrogen-bond acceptors (Lipinski definition) is 4. The van der Waals surface area contributed by atoms with Crippen LogP contribution in [0.2, 0.25) is 0 Å². The number of rotatable bonds is 2. The van der Waals surface area contributed by atoms with Crippen molar-refractivity contribution >= 4 is 73.1 Å². The summed E-state index contributed by atoms with van der Waals surface area (Å²) in [5, 5.41) is 0. The smallest absolute Gasteiger partial charge is 0.130 e. The van der Waals surface area contributed by atoms with Crippen molar-refractivity contribution in [2.45, 2.75) is 20.0 Å². The van der Waals surface area contributed by atoms with Crippen LogP contribution in [0.25, 0.3) is 0 Å². The molecule has 0 atom stereocenters. The Balaban J connectivity index is 4.40. The second kappa shape index (κ2) is 3.89. The molecule has 10 heavy (non-hydrogen) atoms. The van der Waals surface area contributed by atoms with E-state index in [9.17, 15) is 0 Å². The van der Waals surface area contributed by atoms with E-state index in [2.05, 4.69) is 73.1 Å². The Kier molecular flexibility index (Phi) is 4.72. The molecule has 5 heteroatoms. The van der Waals surface area contributed by atoms with Crippen molar-refractivity contribution in [3.05, 3.63) is 0 Å². The van der Waals surface area contributed by atoms with Crippen LogP contribution >= 0.6 is 73.1 Å². The van der Waals surface area contributed by atoms with Gasteiger partial charge in [0, 0.05) is 0 Å². The highest BCUT2D eigenvalue weighted by Gasteiger charge is 2.41. The molecule has 0 aliphatic rings. The second-order valence-electron chi connectivity index (χ2n) is 2.47.